The van der Waals surface area contributed by atoms with E-state index in [1.807, 2.05) is 11.8 Å². The molecule has 25 heavy (non-hydrogen) atoms. The molecule has 1 N–H and O–H groups in total. The Morgan fingerprint density at radius 1 is 1.44 bits per heavy atom. The van der Waals surface area contributed by atoms with Gasteiger partial charge < -0.3 is 9.64 Å². The minimum Gasteiger partial charge on any atom is -0.494 e. The van der Waals surface area contributed by atoms with Crippen LogP contribution in [0.2, 0.25) is 0 Å². The van der Waals surface area contributed by atoms with E-state index in [2.05, 4.69) is 15.2 Å². The Labute approximate surface area is 146 Å². The smallest absolute Gasteiger partial charge is 0.223 e. The Morgan fingerprint density at radius 2 is 2.28 bits per heavy atom. The maximum absolute atomic E-state index is 13.8. The van der Waals surface area contributed by atoms with Gasteiger partial charge in [-0.05, 0) is 50.3 Å². The van der Waals surface area contributed by atoms with Crippen LogP contribution in [0.5, 0.6) is 5.75 Å². The van der Waals surface area contributed by atoms with Crippen LogP contribution in [-0.2, 0) is 11.2 Å². The number of rotatable bonds is 5. The molecule has 1 aromatic carbocycles. The Balaban J connectivity index is 1.65. The summed E-state index contributed by atoms with van der Waals surface area (Å²) in [5.41, 5.74) is 0.786. The second kappa shape index (κ2) is 7.63. The maximum atomic E-state index is 13.8. The summed E-state index contributed by atoms with van der Waals surface area (Å²) in [7, 11) is 1.43. The molecule has 2 aromatic rings. The van der Waals surface area contributed by atoms with Gasteiger partial charge in [0, 0.05) is 13.0 Å². The van der Waals surface area contributed by atoms with E-state index >= 15 is 0 Å². The van der Waals surface area contributed by atoms with Crippen molar-refractivity contribution in [2.45, 2.75) is 45.1 Å². The number of aromatic nitrogens is 3. The number of ether oxygens (including phenoxy) is 1. The summed E-state index contributed by atoms with van der Waals surface area (Å²) in [6, 6.07) is 4.74. The number of nitrogens with one attached hydrogen (secondary N) is 1. The molecule has 0 saturated carbocycles. The van der Waals surface area contributed by atoms with Crippen molar-refractivity contribution in [1.29, 1.82) is 0 Å². The van der Waals surface area contributed by atoms with Crippen LogP contribution in [0.4, 0.5) is 4.39 Å². The summed E-state index contributed by atoms with van der Waals surface area (Å²) in [6.07, 6.45) is 3.76. The van der Waals surface area contributed by atoms with Gasteiger partial charge in [-0.2, -0.15) is 5.10 Å². The molecule has 1 saturated heterocycles. The lowest BCUT2D eigenvalue weighted by molar-refractivity contribution is -0.135. The van der Waals surface area contributed by atoms with Crippen molar-refractivity contribution >= 4 is 5.91 Å². The van der Waals surface area contributed by atoms with Crippen molar-refractivity contribution in [3.8, 4) is 5.75 Å². The van der Waals surface area contributed by atoms with E-state index in [9.17, 15) is 9.18 Å². The average Bonchev–Trinajstić information content (AvgIpc) is 3.06. The number of H-pyrrole nitrogens is 1. The highest BCUT2D eigenvalue weighted by molar-refractivity contribution is 5.77. The van der Waals surface area contributed by atoms with Crippen molar-refractivity contribution in [3.05, 3.63) is 41.2 Å². The Morgan fingerprint density at radius 3 is 2.96 bits per heavy atom. The van der Waals surface area contributed by atoms with Crippen molar-refractivity contribution in [2.24, 2.45) is 0 Å². The zero-order valence-electron chi connectivity index (χ0n) is 14.6. The molecule has 0 radical (unpaired) electrons. The van der Waals surface area contributed by atoms with Gasteiger partial charge in [0.05, 0.1) is 13.2 Å². The van der Waals surface area contributed by atoms with E-state index in [4.69, 9.17) is 4.74 Å². The Bertz CT molecular complexity index is 746. The van der Waals surface area contributed by atoms with Crippen molar-refractivity contribution in [2.75, 3.05) is 13.7 Å². The van der Waals surface area contributed by atoms with E-state index in [0.717, 1.165) is 30.7 Å². The second-order valence-corrected chi connectivity index (χ2v) is 6.35. The van der Waals surface area contributed by atoms with Crippen LogP contribution in [0.3, 0.4) is 0 Å². The summed E-state index contributed by atoms with van der Waals surface area (Å²) in [5, 5.41) is 7.08. The number of hydrogen-bond donors (Lipinski definition) is 1. The number of nitrogens with zero attached hydrogens (tertiary/aromatic N) is 3. The molecule has 0 spiro atoms. The first kappa shape index (κ1) is 17.4. The minimum absolute atomic E-state index is 0.0587. The minimum atomic E-state index is -0.403. The van der Waals surface area contributed by atoms with Crippen molar-refractivity contribution in [3.63, 3.8) is 0 Å². The van der Waals surface area contributed by atoms with Crippen LogP contribution in [0.1, 0.15) is 48.9 Å². The number of hydrogen-bond acceptors (Lipinski definition) is 4. The normalized spacial score (nSPS) is 17.6. The molecule has 1 aromatic heterocycles. The predicted octanol–water partition coefficient (Wildman–Crippen LogP) is 2.95. The lowest BCUT2D eigenvalue weighted by atomic mass is 10.00. The quantitative estimate of drug-likeness (QED) is 0.903. The first-order valence-corrected chi connectivity index (χ1v) is 8.59. The van der Waals surface area contributed by atoms with E-state index in [1.165, 1.54) is 13.2 Å². The molecular weight excluding hydrogens is 323 g/mol. The highest BCUT2D eigenvalue weighted by atomic mass is 19.1. The van der Waals surface area contributed by atoms with E-state index in [-0.39, 0.29) is 17.7 Å². The van der Waals surface area contributed by atoms with Gasteiger partial charge >= 0.3 is 0 Å². The predicted molar refractivity (Wildman–Crippen MR) is 90.7 cm³/mol. The van der Waals surface area contributed by atoms with Gasteiger partial charge in [-0.15, -0.1) is 0 Å². The molecular formula is C18H23FN4O2. The molecule has 134 valence electrons. The van der Waals surface area contributed by atoms with Crippen LogP contribution in [0, 0.1) is 12.7 Å². The highest BCUT2D eigenvalue weighted by Gasteiger charge is 2.30. The van der Waals surface area contributed by atoms with Gasteiger partial charge in [-0.3, -0.25) is 9.89 Å². The second-order valence-electron chi connectivity index (χ2n) is 6.35. The van der Waals surface area contributed by atoms with Crippen LogP contribution >= 0.6 is 0 Å². The molecule has 1 amide bonds. The number of aromatic amines is 1. The summed E-state index contributed by atoms with van der Waals surface area (Å²) in [4.78, 5) is 19.0. The van der Waals surface area contributed by atoms with Gasteiger partial charge in [0.2, 0.25) is 5.91 Å². The van der Waals surface area contributed by atoms with Crippen LogP contribution in [0.15, 0.2) is 18.2 Å². The third-order valence-electron chi connectivity index (χ3n) is 4.58. The number of halogens is 1. The summed E-state index contributed by atoms with van der Waals surface area (Å²) < 4.78 is 18.7. The SMILES string of the molecule is COc1ccc(CCC(=O)N2CCCC[C@H]2c2n[nH]c(C)n2)cc1F. The summed E-state index contributed by atoms with van der Waals surface area (Å²) in [6.45, 7) is 2.57. The molecule has 1 aliphatic rings. The number of carbonyl (C=O) groups is 1. The topological polar surface area (TPSA) is 71.1 Å². The van der Waals surface area contributed by atoms with Gasteiger partial charge in [0.1, 0.15) is 5.82 Å². The third kappa shape index (κ3) is 3.97. The van der Waals surface area contributed by atoms with Gasteiger partial charge in [0.25, 0.3) is 0 Å². The zero-order valence-corrected chi connectivity index (χ0v) is 14.6. The Hall–Kier alpha value is -2.44. The number of aryl methyl sites for hydroxylation is 2. The lowest BCUT2D eigenvalue weighted by Gasteiger charge is -2.34. The Kier molecular flexibility index (Phi) is 5.31. The molecule has 1 aliphatic heterocycles. The molecule has 6 nitrogen and oxygen atoms in total. The van der Waals surface area contributed by atoms with Crippen LogP contribution < -0.4 is 4.74 Å². The van der Waals surface area contributed by atoms with Gasteiger partial charge in [-0.1, -0.05) is 6.07 Å². The van der Waals surface area contributed by atoms with E-state index in [1.54, 1.807) is 12.1 Å². The number of methoxy groups -OCH3 is 1. The summed E-state index contributed by atoms with van der Waals surface area (Å²) >= 11 is 0. The molecule has 1 fully saturated rings. The molecule has 7 heteroatoms. The first-order chi connectivity index (χ1) is 12.1. The van der Waals surface area contributed by atoms with E-state index in [0.29, 0.717) is 25.2 Å². The fraction of sp³-hybridized carbons (Fsp3) is 0.500. The maximum Gasteiger partial charge on any atom is 0.223 e. The average molecular weight is 346 g/mol. The molecule has 0 bridgehead atoms. The molecule has 0 unspecified atom stereocenters. The number of carbonyl (C=O) groups excluding carboxylic acids is 1. The zero-order chi connectivity index (χ0) is 17.8. The fourth-order valence-corrected chi connectivity index (χ4v) is 3.27. The monoisotopic (exact) mass is 346 g/mol. The number of likely N-dealkylation sites (tertiary alicyclic amines) is 1. The number of amides is 1. The molecule has 2 heterocycles. The third-order valence-corrected chi connectivity index (χ3v) is 4.58. The van der Waals surface area contributed by atoms with E-state index < -0.39 is 5.82 Å². The molecule has 3 rings (SSSR count). The van der Waals surface area contributed by atoms with Crippen LogP contribution in [0.25, 0.3) is 0 Å². The summed E-state index contributed by atoms with van der Waals surface area (Å²) in [5.74, 6) is 1.30. The fourth-order valence-electron chi connectivity index (χ4n) is 3.27. The number of benzene rings is 1. The first-order valence-electron chi connectivity index (χ1n) is 8.59. The largest absolute Gasteiger partial charge is 0.494 e. The molecule has 0 aliphatic carbocycles. The standard InChI is InChI=1S/C18H23FN4O2/c1-12-20-18(22-21-12)15-5-3-4-10-23(15)17(24)9-7-13-6-8-16(25-2)14(19)11-13/h6,8,11,15H,3-5,7,9-10H2,1-2H3,(H,20,21,22)/t15-/m0/s1. The highest BCUT2D eigenvalue weighted by Crippen LogP contribution is 2.29. The van der Waals surface area contributed by atoms with Crippen molar-refractivity contribution in [1.82, 2.24) is 20.1 Å². The number of piperidine rings is 1. The van der Waals surface area contributed by atoms with Gasteiger partial charge in [-0.25, -0.2) is 9.37 Å². The van der Waals surface area contributed by atoms with Crippen LogP contribution in [-0.4, -0.2) is 39.6 Å². The molecule has 1 atom stereocenters. The van der Waals surface area contributed by atoms with Gasteiger partial charge in [0.15, 0.2) is 17.4 Å². The van der Waals surface area contributed by atoms with Crippen molar-refractivity contribution < 1.29 is 13.9 Å². The lowest BCUT2D eigenvalue weighted by Crippen LogP contribution is -2.39.